The molecule has 1 atom stereocenters. The minimum atomic E-state index is -0.440. The standard InChI is InChI=1S/C17H19N5O2/c1-23-13-9-8-11(10-14(13)24-2)15-20-16(18)21-17(19)22(15)12-6-4-3-5-7-12/h3-10,15H,1-2H3,(H4,18,19,20,21)/t15-/m0/s1. The first-order valence-electron chi connectivity index (χ1n) is 7.37. The molecule has 0 bridgehead atoms. The average molecular weight is 325 g/mol. The molecule has 0 aromatic heterocycles. The van der Waals surface area contributed by atoms with E-state index in [2.05, 4.69) is 9.98 Å². The molecule has 0 aliphatic carbocycles. The maximum absolute atomic E-state index is 6.11. The number of guanidine groups is 2. The summed E-state index contributed by atoms with van der Waals surface area (Å²) in [5.41, 5.74) is 13.7. The first-order chi connectivity index (χ1) is 11.6. The summed E-state index contributed by atoms with van der Waals surface area (Å²) in [4.78, 5) is 10.3. The molecule has 24 heavy (non-hydrogen) atoms. The van der Waals surface area contributed by atoms with Crippen LogP contribution in [0.25, 0.3) is 0 Å². The molecule has 0 amide bonds. The third kappa shape index (κ3) is 2.83. The number of ether oxygens (including phenoxy) is 2. The van der Waals surface area contributed by atoms with Crippen LogP contribution in [0, 0.1) is 0 Å². The molecule has 2 aromatic rings. The average Bonchev–Trinajstić information content (AvgIpc) is 2.61. The van der Waals surface area contributed by atoms with Gasteiger partial charge in [-0.15, -0.1) is 0 Å². The van der Waals surface area contributed by atoms with Gasteiger partial charge in [-0.1, -0.05) is 24.3 Å². The second kappa shape index (κ2) is 6.49. The zero-order valence-corrected chi connectivity index (χ0v) is 13.5. The molecule has 7 heteroatoms. The van der Waals surface area contributed by atoms with Crippen LogP contribution < -0.4 is 25.8 Å². The van der Waals surface area contributed by atoms with Gasteiger partial charge in [0.2, 0.25) is 11.9 Å². The first-order valence-corrected chi connectivity index (χ1v) is 7.37. The van der Waals surface area contributed by atoms with Crippen LogP contribution >= 0.6 is 0 Å². The molecule has 0 saturated heterocycles. The van der Waals surface area contributed by atoms with Crippen LogP contribution in [0.5, 0.6) is 11.5 Å². The normalized spacial score (nSPS) is 17.1. The molecule has 0 unspecified atom stereocenters. The zero-order chi connectivity index (χ0) is 17.1. The van der Waals surface area contributed by atoms with Gasteiger partial charge in [0, 0.05) is 11.3 Å². The molecule has 0 radical (unpaired) electrons. The SMILES string of the molecule is COc1ccc([C@H]2N=C(N)N=C(N)N2c2ccccc2)cc1OC. The summed E-state index contributed by atoms with van der Waals surface area (Å²) in [6.45, 7) is 0. The van der Waals surface area contributed by atoms with Gasteiger partial charge in [-0.05, 0) is 24.3 Å². The van der Waals surface area contributed by atoms with Gasteiger partial charge in [0.15, 0.2) is 17.7 Å². The fraction of sp³-hybridized carbons (Fsp3) is 0.176. The predicted octanol–water partition coefficient (Wildman–Crippen LogP) is 1.85. The third-order valence-electron chi connectivity index (χ3n) is 3.72. The Morgan fingerprint density at radius 3 is 2.33 bits per heavy atom. The van der Waals surface area contributed by atoms with E-state index in [-0.39, 0.29) is 11.9 Å². The molecule has 1 heterocycles. The number of nitrogens with two attached hydrogens (primary N) is 2. The van der Waals surface area contributed by atoms with Crippen LogP contribution in [0.3, 0.4) is 0 Å². The minimum absolute atomic E-state index is 0.138. The monoisotopic (exact) mass is 325 g/mol. The van der Waals surface area contributed by atoms with Crippen molar-refractivity contribution in [3.63, 3.8) is 0 Å². The zero-order valence-electron chi connectivity index (χ0n) is 13.5. The minimum Gasteiger partial charge on any atom is -0.493 e. The van der Waals surface area contributed by atoms with Gasteiger partial charge < -0.3 is 20.9 Å². The quantitative estimate of drug-likeness (QED) is 0.894. The van der Waals surface area contributed by atoms with E-state index in [1.165, 1.54) is 0 Å². The molecule has 7 nitrogen and oxygen atoms in total. The number of anilines is 1. The van der Waals surface area contributed by atoms with Gasteiger partial charge in [0.1, 0.15) is 0 Å². The Morgan fingerprint density at radius 1 is 0.958 bits per heavy atom. The highest BCUT2D eigenvalue weighted by Gasteiger charge is 2.28. The van der Waals surface area contributed by atoms with Crippen molar-refractivity contribution >= 4 is 17.6 Å². The van der Waals surface area contributed by atoms with Crippen LogP contribution in [-0.2, 0) is 0 Å². The van der Waals surface area contributed by atoms with Crippen molar-refractivity contribution in [2.24, 2.45) is 21.5 Å². The van der Waals surface area contributed by atoms with Crippen LogP contribution in [0.1, 0.15) is 11.7 Å². The van der Waals surface area contributed by atoms with E-state index in [1.807, 2.05) is 53.4 Å². The Bertz CT molecular complexity index is 789. The number of hydrogen-bond acceptors (Lipinski definition) is 7. The Morgan fingerprint density at radius 2 is 1.67 bits per heavy atom. The highest BCUT2D eigenvalue weighted by atomic mass is 16.5. The highest BCUT2D eigenvalue weighted by Crippen LogP contribution is 2.35. The van der Waals surface area contributed by atoms with Crippen molar-refractivity contribution in [1.82, 2.24) is 0 Å². The van der Waals surface area contributed by atoms with Crippen molar-refractivity contribution in [3.8, 4) is 11.5 Å². The van der Waals surface area contributed by atoms with E-state index in [0.29, 0.717) is 11.5 Å². The van der Waals surface area contributed by atoms with Gasteiger partial charge in [-0.2, -0.15) is 4.99 Å². The molecular formula is C17H19N5O2. The molecule has 4 N–H and O–H groups in total. The van der Waals surface area contributed by atoms with Crippen LogP contribution in [0.2, 0.25) is 0 Å². The second-order valence-electron chi connectivity index (χ2n) is 5.15. The largest absolute Gasteiger partial charge is 0.493 e. The maximum atomic E-state index is 6.11. The Kier molecular flexibility index (Phi) is 4.24. The van der Waals surface area contributed by atoms with Gasteiger partial charge in [0.05, 0.1) is 14.2 Å². The molecule has 2 aromatic carbocycles. The Labute approximate surface area is 140 Å². The van der Waals surface area contributed by atoms with Crippen molar-refractivity contribution in [2.75, 3.05) is 19.1 Å². The van der Waals surface area contributed by atoms with Crippen LogP contribution in [0.4, 0.5) is 5.69 Å². The van der Waals surface area contributed by atoms with Crippen LogP contribution in [-0.4, -0.2) is 26.1 Å². The maximum Gasteiger partial charge on any atom is 0.221 e. The fourth-order valence-electron chi connectivity index (χ4n) is 2.61. The van der Waals surface area contributed by atoms with E-state index >= 15 is 0 Å². The van der Waals surface area contributed by atoms with Crippen molar-refractivity contribution in [1.29, 1.82) is 0 Å². The van der Waals surface area contributed by atoms with Gasteiger partial charge in [0.25, 0.3) is 0 Å². The summed E-state index contributed by atoms with van der Waals surface area (Å²) in [7, 11) is 3.18. The lowest BCUT2D eigenvalue weighted by Gasteiger charge is -2.33. The third-order valence-corrected chi connectivity index (χ3v) is 3.72. The van der Waals surface area contributed by atoms with E-state index in [9.17, 15) is 0 Å². The van der Waals surface area contributed by atoms with Gasteiger partial charge in [-0.3, -0.25) is 4.90 Å². The molecule has 0 fully saturated rings. The Hall–Kier alpha value is -3.22. The van der Waals surface area contributed by atoms with Crippen molar-refractivity contribution in [2.45, 2.75) is 6.17 Å². The number of hydrogen-bond donors (Lipinski definition) is 2. The summed E-state index contributed by atoms with van der Waals surface area (Å²) < 4.78 is 10.7. The summed E-state index contributed by atoms with van der Waals surface area (Å²) >= 11 is 0. The van der Waals surface area contributed by atoms with Gasteiger partial charge in [-0.25, -0.2) is 4.99 Å². The summed E-state index contributed by atoms with van der Waals surface area (Å²) in [5, 5.41) is 0. The fourth-order valence-corrected chi connectivity index (χ4v) is 2.61. The smallest absolute Gasteiger partial charge is 0.221 e. The summed E-state index contributed by atoms with van der Waals surface area (Å²) in [5.74, 6) is 1.67. The molecular weight excluding hydrogens is 306 g/mol. The number of para-hydroxylation sites is 1. The molecule has 0 saturated carbocycles. The van der Waals surface area contributed by atoms with E-state index in [4.69, 9.17) is 20.9 Å². The van der Waals surface area contributed by atoms with Crippen molar-refractivity contribution < 1.29 is 9.47 Å². The summed E-state index contributed by atoms with van der Waals surface area (Å²) in [6.07, 6.45) is -0.440. The number of benzene rings is 2. The lowest BCUT2D eigenvalue weighted by Crippen LogP contribution is -2.44. The molecule has 0 spiro atoms. The number of rotatable bonds is 4. The number of aliphatic imine (C=N–C) groups is 2. The lowest BCUT2D eigenvalue weighted by molar-refractivity contribution is 0.354. The lowest BCUT2D eigenvalue weighted by atomic mass is 10.1. The first kappa shape index (κ1) is 15.7. The predicted molar refractivity (Wildman–Crippen MR) is 94.5 cm³/mol. The van der Waals surface area contributed by atoms with E-state index in [0.717, 1.165) is 11.3 Å². The van der Waals surface area contributed by atoms with Crippen molar-refractivity contribution in [3.05, 3.63) is 54.1 Å². The molecule has 1 aliphatic heterocycles. The highest BCUT2D eigenvalue weighted by molar-refractivity contribution is 6.04. The number of methoxy groups -OCH3 is 2. The van der Waals surface area contributed by atoms with Crippen LogP contribution in [0.15, 0.2) is 58.5 Å². The number of nitrogens with zero attached hydrogens (tertiary/aromatic N) is 3. The summed E-state index contributed by atoms with van der Waals surface area (Å²) in [6, 6.07) is 15.2. The Balaban J connectivity index is 2.08. The topological polar surface area (TPSA) is 98.5 Å². The molecule has 1 aliphatic rings. The second-order valence-corrected chi connectivity index (χ2v) is 5.15. The molecule has 3 rings (SSSR count). The van der Waals surface area contributed by atoms with E-state index in [1.54, 1.807) is 14.2 Å². The van der Waals surface area contributed by atoms with E-state index < -0.39 is 6.17 Å². The molecule has 124 valence electrons. The van der Waals surface area contributed by atoms with Gasteiger partial charge >= 0.3 is 0 Å².